The fourth-order valence-corrected chi connectivity index (χ4v) is 5.58. The highest BCUT2D eigenvalue weighted by Gasteiger charge is 2.45. The summed E-state index contributed by atoms with van der Waals surface area (Å²) in [6, 6.07) is 16.2. The van der Waals surface area contributed by atoms with Gasteiger partial charge < -0.3 is 20.5 Å². The van der Waals surface area contributed by atoms with E-state index in [0.29, 0.717) is 30.5 Å². The van der Waals surface area contributed by atoms with E-state index in [4.69, 9.17) is 4.74 Å². The van der Waals surface area contributed by atoms with Crippen LogP contribution in [0.5, 0.6) is 0 Å². The van der Waals surface area contributed by atoms with Crippen LogP contribution in [0, 0.1) is 0 Å². The minimum absolute atomic E-state index is 0.143. The number of ether oxygens (including phenoxy) is 1. The third-order valence-corrected chi connectivity index (χ3v) is 7.36. The summed E-state index contributed by atoms with van der Waals surface area (Å²) in [5.41, 5.74) is 2.98. The number of fused-ring (bicyclic) bond motifs is 1. The number of benzene rings is 3. The Morgan fingerprint density at radius 1 is 0.919 bits per heavy atom. The Morgan fingerprint density at radius 2 is 1.68 bits per heavy atom. The molecule has 3 aromatic carbocycles. The monoisotopic (exact) mass is 499 g/mol. The van der Waals surface area contributed by atoms with E-state index in [-0.39, 0.29) is 18.2 Å². The first kappa shape index (κ1) is 23.2. The number of para-hydroxylation sites is 1. The largest absolute Gasteiger partial charge is 0.434 e. The van der Waals surface area contributed by atoms with Crippen LogP contribution < -0.4 is 15.5 Å². The molecule has 3 unspecified atom stereocenters. The number of nitrogens with zero attached hydrogens (tertiary/aromatic N) is 1. The van der Waals surface area contributed by atoms with Gasteiger partial charge in [-0.05, 0) is 40.8 Å². The van der Waals surface area contributed by atoms with Gasteiger partial charge in [0.2, 0.25) is 18.1 Å². The molecule has 3 amide bonds. The molecule has 4 atom stereocenters. The first-order chi connectivity index (χ1) is 17.9. The number of hydrogen-bond acceptors (Lipinski definition) is 6. The molecule has 3 aliphatic heterocycles. The van der Waals surface area contributed by atoms with Crippen molar-refractivity contribution in [2.24, 2.45) is 0 Å². The van der Waals surface area contributed by atoms with Crippen molar-refractivity contribution in [3.05, 3.63) is 77.4 Å². The van der Waals surface area contributed by atoms with E-state index in [1.807, 2.05) is 48.5 Å². The lowest BCUT2D eigenvalue weighted by molar-refractivity contribution is -0.155. The molecule has 3 heterocycles. The van der Waals surface area contributed by atoms with E-state index in [9.17, 15) is 24.3 Å². The van der Waals surface area contributed by atoms with E-state index in [1.54, 1.807) is 12.1 Å². The molecular weight excluding hydrogens is 474 g/mol. The summed E-state index contributed by atoms with van der Waals surface area (Å²) in [7, 11) is 0. The predicted molar refractivity (Wildman–Crippen MR) is 134 cm³/mol. The zero-order chi connectivity index (χ0) is 25.7. The van der Waals surface area contributed by atoms with Crippen LogP contribution in [0.2, 0.25) is 0 Å². The topological polar surface area (TPSA) is 125 Å². The van der Waals surface area contributed by atoms with E-state index < -0.39 is 36.3 Å². The van der Waals surface area contributed by atoms with Gasteiger partial charge in [-0.15, -0.1) is 0 Å². The summed E-state index contributed by atoms with van der Waals surface area (Å²) in [5.74, 6) is -1.81. The fraction of sp³-hybridized carbons (Fsp3) is 0.286. The first-order valence-corrected chi connectivity index (χ1v) is 12.3. The van der Waals surface area contributed by atoms with Crippen molar-refractivity contribution >= 4 is 40.2 Å². The Morgan fingerprint density at radius 3 is 2.49 bits per heavy atom. The summed E-state index contributed by atoms with van der Waals surface area (Å²) in [6.07, 6.45) is -0.328. The van der Waals surface area contributed by atoms with Crippen molar-refractivity contribution in [2.75, 3.05) is 4.90 Å². The number of hydrogen-bond donors (Lipinski definition) is 3. The summed E-state index contributed by atoms with van der Waals surface area (Å²) < 4.78 is 4.73. The van der Waals surface area contributed by atoms with Crippen LogP contribution in [0.1, 0.15) is 34.3 Å². The maximum Gasteiger partial charge on any atom is 0.310 e. The molecule has 9 heteroatoms. The van der Waals surface area contributed by atoms with Gasteiger partial charge in [-0.25, -0.2) is 0 Å². The van der Waals surface area contributed by atoms with Crippen LogP contribution in [0.4, 0.5) is 5.69 Å². The molecule has 188 valence electrons. The lowest BCUT2D eigenvalue weighted by Gasteiger charge is -2.28. The smallest absolute Gasteiger partial charge is 0.310 e. The molecule has 6 rings (SSSR count). The number of aliphatic hydroxyl groups excluding tert-OH is 1. The molecule has 1 fully saturated rings. The number of rotatable bonds is 4. The third-order valence-electron chi connectivity index (χ3n) is 7.36. The molecule has 0 saturated carbocycles. The number of amides is 3. The van der Waals surface area contributed by atoms with Gasteiger partial charge in [-0.2, -0.15) is 0 Å². The van der Waals surface area contributed by atoms with Crippen molar-refractivity contribution in [1.82, 2.24) is 10.6 Å². The first-order valence-electron chi connectivity index (χ1n) is 12.3. The summed E-state index contributed by atoms with van der Waals surface area (Å²) in [6.45, 7) is 0. The molecule has 3 aromatic rings. The average Bonchev–Trinajstić information content (AvgIpc) is 3.40. The number of nitrogens with one attached hydrogen (secondary N) is 2. The quantitative estimate of drug-likeness (QED) is 0.469. The number of aliphatic hydroxyl groups is 1. The SMILES string of the molecule is O=C1CC(NC(=O)[C@@H]2Cc3cccc4c3N2C(=O)C(NC(=O)c2cccc3ccccc23)CC4)C(O)O1. The van der Waals surface area contributed by atoms with Crippen LogP contribution in [0.3, 0.4) is 0 Å². The predicted octanol–water partition coefficient (Wildman–Crippen LogP) is 1.59. The molecule has 3 N–H and O–H groups in total. The minimum Gasteiger partial charge on any atom is -0.434 e. The highest BCUT2D eigenvalue weighted by molar-refractivity contribution is 6.11. The van der Waals surface area contributed by atoms with E-state index in [1.165, 1.54) is 4.90 Å². The van der Waals surface area contributed by atoms with E-state index in [0.717, 1.165) is 21.9 Å². The third kappa shape index (κ3) is 4.01. The zero-order valence-electron chi connectivity index (χ0n) is 19.8. The number of anilines is 1. The van der Waals surface area contributed by atoms with Crippen LogP contribution in [0.15, 0.2) is 60.7 Å². The summed E-state index contributed by atoms with van der Waals surface area (Å²) in [5, 5.41) is 17.2. The molecule has 0 bridgehead atoms. The minimum atomic E-state index is -1.43. The van der Waals surface area contributed by atoms with Crippen LogP contribution >= 0.6 is 0 Å². The van der Waals surface area contributed by atoms with Gasteiger partial charge in [0.05, 0.1) is 12.1 Å². The molecular formula is C28H25N3O6. The van der Waals surface area contributed by atoms with Crippen molar-refractivity contribution < 1.29 is 29.0 Å². The number of aryl methyl sites for hydroxylation is 1. The zero-order valence-corrected chi connectivity index (χ0v) is 19.8. The van der Waals surface area contributed by atoms with Gasteiger partial charge in [0.1, 0.15) is 18.1 Å². The van der Waals surface area contributed by atoms with Gasteiger partial charge in [0, 0.05) is 12.0 Å². The van der Waals surface area contributed by atoms with Crippen molar-refractivity contribution in [3.8, 4) is 0 Å². The fourth-order valence-electron chi connectivity index (χ4n) is 5.58. The average molecular weight is 500 g/mol. The molecule has 3 aliphatic rings. The Bertz CT molecular complexity index is 1450. The van der Waals surface area contributed by atoms with Crippen LogP contribution in [-0.2, 0) is 32.0 Å². The van der Waals surface area contributed by atoms with Gasteiger partial charge in [-0.1, -0.05) is 54.6 Å². The molecule has 0 aliphatic carbocycles. The van der Waals surface area contributed by atoms with Crippen molar-refractivity contribution in [2.45, 2.75) is 50.1 Å². The van der Waals surface area contributed by atoms with Gasteiger partial charge >= 0.3 is 5.97 Å². The number of cyclic esters (lactones) is 1. The Hall–Kier alpha value is -4.24. The molecule has 9 nitrogen and oxygen atoms in total. The standard InChI is InChI=1S/C28H25N3O6/c32-23-14-21(28(36)37-23)30-26(34)22-13-17-8-3-7-16-11-12-20(27(35)31(22)24(16)17)29-25(33)19-10-4-6-15-5-1-2-9-18(15)19/h1-10,20-22,28,36H,11-14H2,(H,29,33)(H,30,34)/t20?,21?,22-,28?/m0/s1. The maximum atomic E-state index is 13.9. The Balaban J connectivity index is 1.28. The molecule has 37 heavy (non-hydrogen) atoms. The second-order valence-electron chi connectivity index (χ2n) is 9.64. The molecule has 1 saturated heterocycles. The van der Waals surface area contributed by atoms with E-state index >= 15 is 0 Å². The second-order valence-corrected chi connectivity index (χ2v) is 9.64. The van der Waals surface area contributed by atoms with Crippen LogP contribution in [-0.4, -0.2) is 53.2 Å². The number of esters is 1. The summed E-state index contributed by atoms with van der Waals surface area (Å²) in [4.78, 5) is 53.5. The van der Waals surface area contributed by atoms with Gasteiger partial charge in [-0.3, -0.25) is 24.1 Å². The highest BCUT2D eigenvalue weighted by Crippen LogP contribution is 2.39. The van der Waals surface area contributed by atoms with Crippen LogP contribution in [0.25, 0.3) is 10.8 Å². The number of carbonyl (C=O) groups is 4. The highest BCUT2D eigenvalue weighted by atomic mass is 16.6. The molecule has 0 radical (unpaired) electrons. The van der Waals surface area contributed by atoms with Gasteiger partial charge in [0.25, 0.3) is 5.91 Å². The molecule has 0 aromatic heterocycles. The normalized spacial score (nSPS) is 24.4. The number of carbonyl (C=O) groups excluding carboxylic acids is 4. The summed E-state index contributed by atoms with van der Waals surface area (Å²) >= 11 is 0. The van der Waals surface area contributed by atoms with E-state index in [2.05, 4.69) is 10.6 Å². The Kier molecular flexibility index (Phi) is 5.64. The van der Waals surface area contributed by atoms with Crippen molar-refractivity contribution in [3.63, 3.8) is 0 Å². The van der Waals surface area contributed by atoms with Gasteiger partial charge in [0.15, 0.2) is 0 Å². The molecule has 0 spiro atoms. The lowest BCUT2D eigenvalue weighted by atomic mass is 10.0. The maximum absolute atomic E-state index is 13.9. The lowest BCUT2D eigenvalue weighted by Crippen LogP contribution is -2.56. The second kappa shape index (κ2) is 9.01. The Labute approximate surface area is 212 Å². The van der Waals surface area contributed by atoms with Crippen molar-refractivity contribution in [1.29, 1.82) is 0 Å².